The summed E-state index contributed by atoms with van der Waals surface area (Å²) in [6, 6.07) is 8.86. The Morgan fingerprint density at radius 2 is 2.15 bits per heavy atom. The van der Waals surface area contributed by atoms with E-state index >= 15 is 0 Å². The molecule has 0 bridgehead atoms. The standard InChI is InChI=1S/C15H13ClN2O2/c16-12-5-6-17-8-11(12)15(20)18-14-10-4-2-1-3-9(10)7-13(14)19/h1-6,8,13-14,19H,7H2,(H,18,20)/t13-,14+/m1/s1. The number of benzene rings is 1. The molecule has 2 aromatic rings. The molecule has 0 aliphatic heterocycles. The average Bonchev–Trinajstić information content (AvgIpc) is 2.76. The molecule has 2 atom stereocenters. The molecular formula is C15H13ClN2O2. The van der Waals surface area contributed by atoms with Gasteiger partial charge in [0.2, 0.25) is 0 Å². The highest BCUT2D eigenvalue weighted by Gasteiger charge is 2.32. The number of hydrogen-bond acceptors (Lipinski definition) is 3. The Kier molecular flexibility index (Phi) is 3.42. The van der Waals surface area contributed by atoms with Crippen LogP contribution in [0.1, 0.15) is 27.5 Å². The van der Waals surface area contributed by atoms with Crippen molar-refractivity contribution in [1.82, 2.24) is 10.3 Å². The quantitative estimate of drug-likeness (QED) is 0.890. The van der Waals surface area contributed by atoms with Crippen LogP contribution < -0.4 is 5.32 Å². The van der Waals surface area contributed by atoms with E-state index in [1.54, 1.807) is 6.07 Å². The van der Waals surface area contributed by atoms with Gasteiger partial charge in [-0.25, -0.2) is 0 Å². The minimum absolute atomic E-state index is 0.311. The van der Waals surface area contributed by atoms with E-state index in [4.69, 9.17) is 11.6 Å². The lowest BCUT2D eigenvalue weighted by atomic mass is 10.1. The zero-order valence-electron chi connectivity index (χ0n) is 10.6. The second-order valence-corrected chi connectivity index (χ2v) is 5.18. The van der Waals surface area contributed by atoms with Crippen molar-refractivity contribution in [3.05, 3.63) is 64.4 Å². The average molecular weight is 289 g/mol. The maximum atomic E-state index is 12.2. The molecule has 4 nitrogen and oxygen atoms in total. The summed E-state index contributed by atoms with van der Waals surface area (Å²) in [6.45, 7) is 0. The second-order valence-electron chi connectivity index (χ2n) is 4.78. The number of nitrogens with zero attached hydrogens (tertiary/aromatic N) is 1. The van der Waals surface area contributed by atoms with E-state index in [2.05, 4.69) is 10.3 Å². The highest BCUT2D eigenvalue weighted by Crippen LogP contribution is 2.31. The Morgan fingerprint density at radius 1 is 1.35 bits per heavy atom. The summed E-state index contributed by atoms with van der Waals surface area (Å²) in [6.07, 6.45) is 2.87. The van der Waals surface area contributed by atoms with Gasteiger partial charge in [-0.05, 0) is 17.2 Å². The first-order valence-electron chi connectivity index (χ1n) is 6.33. The lowest BCUT2D eigenvalue weighted by Gasteiger charge is -2.18. The smallest absolute Gasteiger partial charge is 0.254 e. The van der Waals surface area contributed by atoms with Crippen LogP contribution in [-0.4, -0.2) is 22.1 Å². The molecule has 5 heteroatoms. The van der Waals surface area contributed by atoms with Gasteiger partial charge in [-0.1, -0.05) is 35.9 Å². The van der Waals surface area contributed by atoms with Crippen LogP contribution in [0.2, 0.25) is 5.02 Å². The van der Waals surface area contributed by atoms with Crippen LogP contribution in [0.5, 0.6) is 0 Å². The van der Waals surface area contributed by atoms with E-state index in [-0.39, 0.29) is 5.91 Å². The molecular weight excluding hydrogens is 276 g/mol. The molecule has 0 saturated carbocycles. The molecule has 2 N–H and O–H groups in total. The third-order valence-electron chi connectivity index (χ3n) is 3.50. The van der Waals surface area contributed by atoms with Gasteiger partial charge in [0.1, 0.15) is 0 Å². The third-order valence-corrected chi connectivity index (χ3v) is 3.83. The Balaban J connectivity index is 1.85. The van der Waals surface area contributed by atoms with Gasteiger partial charge in [0.25, 0.3) is 5.91 Å². The number of carbonyl (C=O) groups is 1. The summed E-state index contributed by atoms with van der Waals surface area (Å²) in [5, 5.41) is 13.3. The molecule has 1 aliphatic carbocycles. The normalized spacial score (nSPS) is 20.5. The van der Waals surface area contributed by atoms with Crippen LogP contribution in [0.15, 0.2) is 42.7 Å². The van der Waals surface area contributed by atoms with E-state index in [1.165, 1.54) is 12.4 Å². The molecule has 0 spiro atoms. The zero-order valence-corrected chi connectivity index (χ0v) is 11.3. The number of nitrogens with one attached hydrogen (secondary N) is 1. The van der Waals surface area contributed by atoms with Crippen LogP contribution in [0.4, 0.5) is 0 Å². The highest BCUT2D eigenvalue weighted by molar-refractivity contribution is 6.33. The van der Waals surface area contributed by atoms with Crippen molar-refractivity contribution in [3.8, 4) is 0 Å². The third kappa shape index (κ3) is 2.28. The number of amides is 1. The molecule has 1 aliphatic rings. The van der Waals surface area contributed by atoms with Gasteiger partial charge in [-0.3, -0.25) is 9.78 Å². The fourth-order valence-electron chi connectivity index (χ4n) is 2.51. The van der Waals surface area contributed by atoms with E-state index < -0.39 is 12.1 Å². The first-order valence-corrected chi connectivity index (χ1v) is 6.71. The molecule has 20 heavy (non-hydrogen) atoms. The van der Waals surface area contributed by atoms with Crippen molar-refractivity contribution in [2.24, 2.45) is 0 Å². The van der Waals surface area contributed by atoms with E-state index in [9.17, 15) is 9.90 Å². The summed E-state index contributed by atoms with van der Waals surface area (Å²) in [7, 11) is 0. The largest absolute Gasteiger partial charge is 0.390 e. The van der Waals surface area contributed by atoms with Crippen molar-refractivity contribution >= 4 is 17.5 Å². The molecule has 0 fully saturated rings. The molecule has 0 saturated heterocycles. The molecule has 1 amide bonds. The summed E-state index contributed by atoms with van der Waals surface area (Å²) in [5.41, 5.74) is 2.32. The van der Waals surface area contributed by atoms with Crippen molar-refractivity contribution in [3.63, 3.8) is 0 Å². The molecule has 0 radical (unpaired) electrons. The fraction of sp³-hybridized carbons (Fsp3) is 0.200. The number of aliphatic hydroxyl groups is 1. The van der Waals surface area contributed by atoms with Gasteiger partial charge in [0, 0.05) is 18.8 Å². The number of pyridine rings is 1. The summed E-state index contributed by atoms with van der Waals surface area (Å²) >= 11 is 5.98. The summed E-state index contributed by atoms with van der Waals surface area (Å²) in [5.74, 6) is -0.330. The van der Waals surface area contributed by atoms with Crippen LogP contribution in [0.3, 0.4) is 0 Å². The number of hydrogen-bond donors (Lipinski definition) is 2. The Bertz CT molecular complexity index is 660. The lowest BCUT2D eigenvalue weighted by molar-refractivity contribution is 0.0858. The van der Waals surface area contributed by atoms with Crippen molar-refractivity contribution < 1.29 is 9.90 Å². The van der Waals surface area contributed by atoms with Crippen LogP contribution in [0.25, 0.3) is 0 Å². The summed E-state index contributed by atoms with van der Waals surface area (Å²) < 4.78 is 0. The molecule has 1 aromatic heterocycles. The Hall–Kier alpha value is -1.91. The minimum Gasteiger partial charge on any atom is -0.390 e. The predicted molar refractivity (Wildman–Crippen MR) is 75.6 cm³/mol. The van der Waals surface area contributed by atoms with Crippen LogP contribution >= 0.6 is 11.6 Å². The van der Waals surface area contributed by atoms with Gasteiger partial charge in [-0.2, -0.15) is 0 Å². The number of fused-ring (bicyclic) bond motifs is 1. The number of aromatic nitrogens is 1. The van der Waals surface area contributed by atoms with E-state index in [1.807, 2.05) is 24.3 Å². The minimum atomic E-state index is -0.619. The SMILES string of the molecule is O=C(N[C@H]1c2ccccc2C[C@H]1O)c1cnccc1Cl. The number of aliphatic hydroxyl groups excluding tert-OH is 1. The molecule has 1 heterocycles. The first-order chi connectivity index (χ1) is 9.66. The van der Waals surface area contributed by atoms with E-state index in [0.717, 1.165) is 11.1 Å². The Morgan fingerprint density at radius 3 is 2.95 bits per heavy atom. The zero-order chi connectivity index (χ0) is 14.1. The lowest BCUT2D eigenvalue weighted by Crippen LogP contribution is -2.34. The molecule has 3 rings (SSSR count). The number of carbonyl (C=O) groups excluding carboxylic acids is 1. The van der Waals surface area contributed by atoms with Crippen LogP contribution in [-0.2, 0) is 6.42 Å². The highest BCUT2D eigenvalue weighted by atomic mass is 35.5. The van der Waals surface area contributed by atoms with Gasteiger partial charge in [-0.15, -0.1) is 0 Å². The van der Waals surface area contributed by atoms with Gasteiger partial charge >= 0.3 is 0 Å². The van der Waals surface area contributed by atoms with Crippen molar-refractivity contribution in [2.75, 3.05) is 0 Å². The van der Waals surface area contributed by atoms with Crippen LogP contribution in [0, 0.1) is 0 Å². The predicted octanol–water partition coefficient (Wildman–Crippen LogP) is 2.12. The summed E-state index contributed by atoms with van der Waals surface area (Å²) in [4.78, 5) is 16.1. The Labute approximate surface area is 121 Å². The second kappa shape index (κ2) is 5.23. The number of rotatable bonds is 2. The van der Waals surface area contributed by atoms with Gasteiger partial charge in [0.05, 0.1) is 22.7 Å². The van der Waals surface area contributed by atoms with Gasteiger partial charge < -0.3 is 10.4 Å². The monoisotopic (exact) mass is 288 g/mol. The fourth-order valence-corrected chi connectivity index (χ4v) is 2.70. The molecule has 1 aromatic carbocycles. The molecule has 102 valence electrons. The maximum Gasteiger partial charge on any atom is 0.254 e. The first kappa shape index (κ1) is 13.1. The van der Waals surface area contributed by atoms with Crippen molar-refractivity contribution in [2.45, 2.75) is 18.6 Å². The molecule has 0 unspecified atom stereocenters. The van der Waals surface area contributed by atoms with Gasteiger partial charge in [0.15, 0.2) is 0 Å². The maximum absolute atomic E-state index is 12.2. The topological polar surface area (TPSA) is 62.2 Å². The van der Waals surface area contributed by atoms with Crippen molar-refractivity contribution in [1.29, 1.82) is 0 Å². The number of halogens is 1. The van der Waals surface area contributed by atoms with E-state index in [0.29, 0.717) is 17.0 Å².